The molecule has 1 heterocycles. The monoisotopic (exact) mass is 370 g/mol. The van der Waals surface area contributed by atoms with Gasteiger partial charge in [0.25, 0.3) is 0 Å². The van der Waals surface area contributed by atoms with E-state index in [4.69, 9.17) is 14.5 Å². The van der Waals surface area contributed by atoms with E-state index >= 15 is 0 Å². The van der Waals surface area contributed by atoms with Gasteiger partial charge >= 0.3 is 0 Å². The molecule has 6 nitrogen and oxygen atoms in total. The fourth-order valence-electron chi connectivity index (χ4n) is 2.47. The molecule has 0 saturated heterocycles. The molecule has 27 heavy (non-hydrogen) atoms. The van der Waals surface area contributed by atoms with Gasteiger partial charge in [0.05, 0.1) is 13.7 Å². The summed E-state index contributed by atoms with van der Waals surface area (Å²) in [6.07, 6.45) is 5.53. The van der Waals surface area contributed by atoms with Crippen molar-refractivity contribution in [1.29, 1.82) is 0 Å². The van der Waals surface area contributed by atoms with Crippen molar-refractivity contribution >= 4 is 5.96 Å². The fraction of sp³-hybridized carbons (Fsp3) is 0.429. The van der Waals surface area contributed by atoms with Crippen molar-refractivity contribution in [2.24, 2.45) is 4.99 Å². The summed E-state index contributed by atoms with van der Waals surface area (Å²) in [7, 11) is 1.67. The highest BCUT2D eigenvalue weighted by Gasteiger charge is 2.00. The van der Waals surface area contributed by atoms with E-state index in [0.29, 0.717) is 6.54 Å². The molecular formula is C21H30N4O2. The number of ether oxygens (including phenoxy) is 2. The molecule has 2 aromatic rings. The second kappa shape index (κ2) is 12.7. The predicted octanol–water partition coefficient (Wildman–Crippen LogP) is 2.79. The minimum atomic E-state index is 0.609. The lowest BCUT2D eigenvalue weighted by atomic mass is 10.2. The molecule has 146 valence electrons. The average Bonchev–Trinajstić information content (AvgIpc) is 2.72. The first-order valence-electron chi connectivity index (χ1n) is 9.43. The molecule has 6 heteroatoms. The van der Waals surface area contributed by atoms with Crippen LogP contribution in [-0.4, -0.2) is 44.4 Å². The van der Waals surface area contributed by atoms with Gasteiger partial charge < -0.3 is 20.1 Å². The van der Waals surface area contributed by atoms with Crippen LogP contribution in [0.4, 0.5) is 0 Å². The van der Waals surface area contributed by atoms with Crippen molar-refractivity contribution in [2.75, 3.05) is 33.4 Å². The maximum absolute atomic E-state index is 5.39. The van der Waals surface area contributed by atoms with Crippen LogP contribution >= 0.6 is 0 Å². The first-order chi connectivity index (χ1) is 13.3. The minimum absolute atomic E-state index is 0.609. The molecule has 0 fully saturated rings. The lowest BCUT2D eigenvalue weighted by Gasteiger charge is -2.13. The van der Waals surface area contributed by atoms with E-state index in [1.807, 2.05) is 43.5 Å². The molecule has 0 unspecified atom stereocenters. The van der Waals surface area contributed by atoms with E-state index in [1.165, 1.54) is 5.56 Å². The second-order valence-electron chi connectivity index (χ2n) is 6.03. The number of aliphatic imine (C=N–C) groups is 1. The van der Waals surface area contributed by atoms with E-state index in [9.17, 15) is 0 Å². The minimum Gasteiger partial charge on any atom is -0.497 e. The number of guanidine groups is 1. The molecule has 1 aromatic heterocycles. The zero-order chi connectivity index (χ0) is 19.2. The fourth-order valence-corrected chi connectivity index (χ4v) is 2.47. The molecule has 1 aromatic carbocycles. The molecule has 0 bridgehead atoms. The van der Waals surface area contributed by atoms with E-state index in [0.717, 1.165) is 56.4 Å². The molecular weight excluding hydrogens is 340 g/mol. The van der Waals surface area contributed by atoms with Gasteiger partial charge in [0.2, 0.25) is 0 Å². The summed E-state index contributed by atoms with van der Waals surface area (Å²) in [6.45, 7) is 5.74. The Kier molecular flexibility index (Phi) is 9.74. The van der Waals surface area contributed by atoms with Crippen LogP contribution in [0.5, 0.6) is 5.75 Å². The SMILES string of the molecule is CCOCCCNC(=NCc1ccc(OC)cc1)NCCc1cccnc1. The highest BCUT2D eigenvalue weighted by atomic mass is 16.5. The lowest BCUT2D eigenvalue weighted by molar-refractivity contribution is 0.145. The van der Waals surface area contributed by atoms with Crippen molar-refractivity contribution < 1.29 is 9.47 Å². The van der Waals surface area contributed by atoms with Crippen molar-refractivity contribution in [3.8, 4) is 5.75 Å². The van der Waals surface area contributed by atoms with Crippen LogP contribution in [0, 0.1) is 0 Å². The van der Waals surface area contributed by atoms with Crippen LogP contribution < -0.4 is 15.4 Å². The number of methoxy groups -OCH3 is 1. The predicted molar refractivity (Wildman–Crippen MR) is 109 cm³/mol. The third-order valence-electron chi connectivity index (χ3n) is 3.97. The number of nitrogens with one attached hydrogen (secondary N) is 2. The van der Waals surface area contributed by atoms with Crippen molar-refractivity contribution in [3.63, 3.8) is 0 Å². The number of hydrogen-bond acceptors (Lipinski definition) is 4. The van der Waals surface area contributed by atoms with Crippen molar-refractivity contribution in [2.45, 2.75) is 26.3 Å². The molecule has 0 aliphatic rings. The molecule has 0 aliphatic heterocycles. The number of aromatic nitrogens is 1. The maximum atomic E-state index is 5.39. The standard InChI is InChI=1S/C21H30N4O2/c1-3-27-15-5-13-23-21(24-14-11-18-6-4-12-22-16-18)25-17-19-7-9-20(26-2)10-8-19/h4,6-10,12,16H,3,5,11,13-15,17H2,1-2H3,(H2,23,24,25). The summed E-state index contributed by atoms with van der Waals surface area (Å²) in [6, 6.07) is 12.0. The van der Waals surface area contributed by atoms with Gasteiger partial charge in [0, 0.05) is 38.7 Å². The Morgan fingerprint density at radius 1 is 1.07 bits per heavy atom. The van der Waals surface area contributed by atoms with Crippen LogP contribution in [-0.2, 0) is 17.7 Å². The van der Waals surface area contributed by atoms with E-state index in [1.54, 1.807) is 13.3 Å². The van der Waals surface area contributed by atoms with Crippen LogP contribution in [0.15, 0.2) is 53.8 Å². The number of pyridine rings is 1. The van der Waals surface area contributed by atoms with Crippen LogP contribution in [0.1, 0.15) is 24.5 Å². The Morgan fingerprint density at radius 2 is 1.89 bits per heavy atom. The summed E-state index contributed by atoms with van der Waals surface area (Å²) in [4.78, 5) is 8.85. The van der Waals surface area contributed by atoms with E-state index in [-0.39, 0.29) is 0 Å². The van der Waals surface area contributed by atoms with Gasteiger partial charge in [-0.15, -0.1) is 0 Å². The number of nitrogens with zero attached hydrogens (tertiary/aromatic N) is 2. The average molecular weight is 370 g/mol. The van der Waals surface area contributed by atoms with Gasteiger partial charge in [-0.25, -0.2) is 4.99 Å². The lowest BCUT2D eigenvalue weighted by Crippen LogP contribution is -2.39. The Bertz CT molecular complexity index is 660. The molecule has 0 aliphatic carbocycles. The zero-order valence-corrected chi connectivity index (χ0v) is 16.3. The number of benzene rings is 1. The van der Waals surface area contributed by atoms with Gasteiger partial charge in [0.1, 0.15) is 5.75 Å². The smallest absolute Gasteiger partial charge is 0.191 e. The molecule has 0 amide bonds. The second-order valence-corrected chi connectivity index (χ2v) is 6.03. The number of hydrogen-bond donors (Lipinski definition) is 2. The Morgan fingerprint density at radius 3 is 2.59 bits per heavy atom. The van der Waals surface area contributed by atoms with Crippen LogP contribution in [0.25, 0.3) is 0 Å². The van der Waals surface area contributed by atoms with Gasteiger partial charge in [-0.05, 0) is 49.1 Å². The van der Waals surface area contributed by atoms with Crippen molar-refractivity contribution in [1.82, 2.24) is 15.6 Å². The molecule has 2 N–H and O–H groups in total. The Balaban J connectivity index is 1.86. The van der Waals surface area contributed by atoms with Crippen molar-refractivity contribution in [3.05, 3.63) is 59.9 Å². The molecule has 0 spiro atoms. The van der Waals surface area contributed by atoms with E-state index in [2.05, 4.69) is 21.7 Å². The number of rotatable bonds is 11. The highest BCUT2D eigenvalue weighted by molar-refractivity contribution is 5.79. The molecule has 0 atom stereocenters. The first-order valence-corrected chi connectivity index (χ1v) is 9.43. The normalized spacial score (nSPS) is 11.3. The Labute approximate surface area is 162 Å². The van der Waals surface area contributed by atoms with Crippen LogP contribution in [0.2, 0.25) is 0 Å². The summed E-state index contributed by atoms with van der Waals surface area (Å²) in [5, 5.41) is 6.77. The van der Waals surface area contributed by atoms with Gasteiger partial charge in [-0.2, -0.15) is 0 Å². The topological polar surface area (TPSA) is 67.8 Å². The highest BCUT2D eigenvalue weighted by Crippen LogP contribution is 2.11. The summed E-state index contributed by atoms with van der Waals surface area (Å²) < 4.78 is 10.6. The van der Waals surface area contributed by atoms with Gasteiger partial charge in [-0.3, -0.25) is 4.98 Å². The molecule has 2 rings (SSSR count). The largest absolute Gasteiger partial charge is 0.497 e. The maximum Gasteiger partial charge on any atom is 0.191 e. The quantitative estimate of drug-likeness (QED) is 0.362. The zero-order valence-electron chi connectivity index (χ0n) is 16.3. The van der Waals surface area contributed by atoms with Gasteiger partial charge in [0.15, 0.2) is 5.96 Å². The van der Waals surface area contributed by atoms with Gasteiger partial charge in [-0.1, -0.05) is 18.2 Å². The summed E-state index contributed by atoms with van der Waals surface area (Å²) in [5.74, 6) is 1.66. The summed E-state index contributed by atoms with van der Waals surface area (Å²) >= 11 is 0. The third kappa shape index (κ3) is 8.55. The third-order valence-corrected chi connectivity index (χ3v) is 3.97. The molecule has 0 radical (unpaired) electrons. The summed E-state index contributed by atoms with van der Waals surface area (Å²) in [5.41, 5.74) is 2.34. The Hall–Kier alpha value is -2.60. The van der Waals surface area contributed by atoms with Crippen LogP contribution in [0.3, 0.4) is 0 Å². The first kappa shape index (κ1) is 20.7. The van der Waals surface area contributed by atoms with E-state index < -0.39 is 0 Å². The molecule has 0 saturated carbocycles.